The number of ether oxygens (including phenoxy) is 1. The fourth-order valence-corrected chi connectivity index (χ4v) is 1.89. The van der Waals surface area contributed by atoms with Gasteiger partial charge in [0.2, 0.25) is 0 Å². The first-order chi connectivity index (χ1) is 8.26. The summed E-state index contributed by atoms with van der Waals surface area (Å²) < 4.78 is 5.13. The van der Waals surface area contributed by atoms with Crippen molar-refractivity contribution in [1.82, 2.24) is 0 Å². The lowest BCUT2D eigenvalue weighted by atomic mass is 9.99. The minimum atomic E-state index is 0.577. The van der Waals surface area contributed by atoms with Crippen LogP contribution < -0.4 is 4.74 Å². The molecule has 0 spiro atoms. The first-order valence-electron chi connectivity index (χ1n) is 5.45. The molecule has 0 radical (unpaired) electrons. The van der Waals surface area contributed by atoms with Crippen molar-refractivity contribution in [3.63, 3.8) is 0 Å². The highest BCUT2D eigenvalue weighted by atomic mass is 16.5. The van der Waals surface area contributed by atoms with Crippen LogP contribution in [0.4, 0.5) is 0 Å². The largest absolute Gasteiger partial charge is 0.496 e. The molecule has 2 aromatic rings. The third-order valence-electron chi connectivity index (χ3n) is 2.81. The monoisotopic (exact) mass is 226 g/mol. The van der Waals surface area contributed by atoms with E-state index in [2.05, 4.69) is 13.0 Å². The van der Waals surface area contributed by atoms with Gasteiger partial charge in [0.1, 0.15) is 5.75 Å². The number of aldehydes is 1. The SMILES string of the molecule is COc1ccc(-c2ccccc2C)cc1C=O. The van der Waals surface area contributed by atoms with Crippen LogP contribution in [0.1, 0.15) is 15.9 Å². The van der Waals surface area contributed by atoms with Crippen LogP contribution >= 0.6 is 0 Å². The fraction of sp³-hybridized carbons (Fsp3) is 0.133. The van der Waals surface area contributed by atoms with E-state index in [0.29, 0.717) is 11.3 Å². The zero-order chi connectivity index (χ0) is 12.3. The van der Waals surface area contributed by atoms with Crippen LogP contribution in [0.25, 0.3) is 11.1 Å². The van der Waals surface area contributed by atoms with Crippen LogP contribution in [0.2, 0.25) is 0 Å². The van der Waals surface area contributed by atoms with Gasteiger partial charge in [0.25, 0.3) is 0 Å². The molecule has 0 bridgehead atoms. The maximum absolute atomic E-state index is 11.0. The first-order valence-corrected chi connectivity index (χ1v) is 5.45. The molecule has 2 aromatic carbocycles. The van der Waals surface area contributed by atoms with Crippen molar-refractivity contribution in [2.24, 2.45) is 0 Å². The standard InChI is InChI=1S/C15H14O2/c1-11-5-3-4-6-14(11)12-7-8-15(17-2)13(9-12)10-16/h3-10H,1-2H3. The molecule has 86 valence electrons. The van der Waals surface area contributed by atoms with Gasteiger partial charge in [0.05, 0.1) is 12.7 Å². The highest BCUT2D eigenvalue weighted by Crippen LogP contribution is 2.27. The molecule has 0 aliphatic heterocycles. The Bertz CT molecular complexity index is 544. The Morgan fingerprint density at radius 2 is 1.88 bits per heavy atom. The average molecular weight is 226 g/mol. The van der Waals surface area contributed by atoms with E-state index >= 15 is 0 Å². The summed E-state index contributed by atoms with van der Waals surface area (Å²) in [5, 5.41) is 0. The molecule has 0 amide bonds. The third-order valence-corrected chi connectivity index (χ3v) is 2.81. The highest BCUT2D eigenvalue weighted by molar-refractivity contribution is 5.83. The van der Waals surface area contributed by atoms with E-state index in [4.69, 9.17) is 4.74 Å². The van der Waals surface area contributed by atoms with Crippen LogP contribution in [-0.4, -0.2) is 13.4 Å². The summed E-state index contributed by atoms with van der Waals surface area (Å²) in [6.07, 6.45) is 0.820. The summed E-state index contributed by atoms with van der Waals surface area (Å²) in [6, 6.07) is 13.7. The van der Waals surface area contributed by atoms with E-state index in [1.807, 2.05) is 36.4 Å². The molecule has 0 atom stereocenters. The number of hydrogen-bond acceptors (Lipinski definition) is 2. The molecule has 0 N–H and O–H groups in total. The second-order valence-electron chi connectivity index (χ2n) is 3.89. The maximum Gasteiger partial charge on any atom is 0.153 e. The van der Waals surface area contributed by atoms with Crippen molar-refractivity contribution < 1.29 is 9.53 Å². The summed E-state index contributed by atoms with van der Waals surface area (Å²) >= 11 is 0. The van der Waals surface area contributed by atoms with Crippen LogP contribution in [0.3, 0.4) is 0 Å². The van der Waals surface area contributed by atoms with E-state index in [-0.39, 0.29) is 0 Å². The van der Waals surface area contributed by atoms with Gasteiger partial charge in [-0.15, -0.1) is 0 Å². The zero-order valence-corrected chi connectivity index (χ0v) is 9.94. The molecule has 0 aromatic heterocycles. The van der Waals surface area contributed by atoms with Crippen LogP contribution in [0.15, 0.2) is 42.5 Å². The lowest BCUT2D eigenvalue weighted by Gasteiger charge is -2.09. The minimum absolute atomic E-state index is 0.577. The molecule has 0 heterocycles. The molecular formula is C15H14O2. The Labute approximate surface area is 101 Å². The smallest absolute Gasteiger partial charge is 0.153 e. The van der Waals surface area contributed by atoms with Gasteiger partial charge in [0, 0.05) is 0 Å². The van der Waals surface area contributed by atoms with Crippen LogP contribution in [0.5, 0.6) is 5.75 Å². The van der Waals surface area contributed by atoms with Crippen molar-refractivity contribution in [2.75, 3.05) is 7.11 Å². The molecule has 0 unspecified atom stereocenters. The number of carbonyl (C=O) groups is 1. The Morgan fingerprint density at radius 1 is 1.12 bits per heavy atom. The van der Waals surface area contributed by atoms with Crippen molar-refractivity contribution in [2.45, 2.75) is 6.92 Å². The first kappa shape index (κ1) is 11.4. The predicted molar refractivity (Wildman–Crippen MR) is 68.6 cm³/mol. The number of rotatable bonds is 3. The van der Waals surface area contributed by atoms with Gasteiger partial charge in [0.15, 0.2) is 6.29 Å². The van der Waals surface area contributed by atoms with Gasteiger partial charge in [-0.3, -0.25) is 4.79 Å². The zero-order valence-electron chi connectivity index (χ0n) is 9.94. The summed E-state index contributed by atoms with van der Waals surface area (Å²) in [5.41, 5.74) is 3.94. The molecule has 2 nitrogen and oxygen atoms in total. The highest BCUT2D eigenvalue weighted by Gasteiger charge is 2.06. The lowest BCUT2D eigenvalue weighted by Crippen LogP contribution is -1.91. The summed E-state index contributed by atoms with van der Waals surface area (Å²) in [5.74, 6) is 0.609. The Balaban J connectivity index is 2.54. The van der Waals surface area contributed by atoms with Gasteiger partial charge < -0.3 is 4.74 Å². The number of aryl methyl sites for hydroxylation is 1. The molecular weight excluding hydrogens is 212 g/mol. The van der Waals surface area contributed by atoms with E-state index in [1.54, 1.807) is 7.11 Å². The van der Waals surface area contributed by atoms with Crippen molar-refractivity contribution in [3.05, 3.63) is 53.6 Å². The number of hydrogen-bond donors (Lipinski definition) is 0. The maximum atomic E-state index is 11.0. The molecule has 0 aliphatic rings. The predicted octanol–water partition coefficient (Wildman–Crippen LogP) is 3.48. The number of carbonyl (C=O) groups excluding carboxylic acids is 1. The number of methoxy groups -OCH3 is 1. The molecule has 0 fully saturated rings. The van der Waals surface area contributed by atoms with Crippen LogP contribution in [0, 0.1) is 6.92 Å². The third kappa shape index (κ3) is 2.21. The van der Waals surface area contributed by atoms with Gasteiger partial charge in [-0.1, -0.05) is 30.3 Å². The summed E-state index contributed by atoms with van der Waals surface area (Å²) in [6.45, 7) is 2.06. The second kappa shape index (κ2) is 4.83. The average Bonchev–Trinajstić information content (AvgIpc) is 2.38. The van der Waals surface area contributed by atoms with Crippen molar-refractivity contribution in [3.8, 4) is 16.9 Å². The van der Waals surface area contributed by atoms with Gasteiger partial charge in [-0.2, -0.15) is 0 Å². The normalized spacial score (nSPS) is 10.0. The lowest BCUT2D eigenvalue weighted by molar-refractivity contribution is 0.112. The van der Waals surface area contributed by atoms with Gasteiger partial charge in [-0.05, 0) is 35.7 Å². The minimum Gasteiger partial charge on any atom is -0.496 e. The van der Waals surface area contributed by atoms with Crippen molar-refractivity contribution >= 4 is 6.29 Å². The summed E-state index contributed by atoms with van der Waals surface area (Å²) in [7, 11) is 1.57. The van der Waals surface area contributed by atoms with Gasteiger partial charge >= 0.3 is 0 Å². The van der Waals surface area contributed by atoms with Crippen molar-refractivity contribution in [1.29, 1.82) is 0 Å². The molecule has 0 aliphatic carbocycles. The summed E-state index contributed by atoms with van der Waals surface area (Å²) in [4.78, 5) is 11.0. The molecule has 0 saturated carbocycles. The Kier molecular flexibility index (Phi) is 3.24. The number of benzene rings is 2. The van der Waals surface area contributed by atoms with E-state index in [9.17, 15) is 4.79 Å². The molecule has 2 rings (SSSR count). The molecule has 2 heteroatoms. The Morgan fingerprint density at radius 3 is 2.53 bits per heavy atom. The van der Waals surface area contributed by atoms with Crippen LogP contribution in [-0.2, 0) is 0 Å². The molecule has 0 saturated heterocycles. The van der Waals surface area contributed by atoms with E-state index < -0.39 is 0 Å². The van der Waals surface area contributed by atoms with Gasteiger partial charge in [-0.25, -0.2) is 0 Å². The topological polar surface area (TPSA) is 26.3 Å². The Hall–Kier alpha value is -2.09. The van der Waals surface area contributed by atoms with E-state index in [1.165, 1.54) is 5.56 Å². The quantitative estimate of drug-likeness (QED) is 0.749. The fourth-order valence-electron chi connectivity index (χ4n) is 1.89. The van der Waals surface area contributed by atoms with E-state index in [0.717, 1.165) is 17.4 Å². The molecule has 17 heavy (non-hydrogen) atoms. The second-order valence-corrected chi connectivity index (χ2v) is 3.89.